The average molecular weight is 362 g/mol. The number of Topliss-reactive ketones (excluding diaryl/α,β-unsaturated/α-hetero) is 1. The smallest absolute Gasteiger partial charge is 0.337 e. The van der Waals surface area contributed by atoms with Crippen molar-refractivity contribution in [3.8, 4) is 0 Å². The minimum Gasteiger partial charge on any atom is -0.337 e. The minimum atomic E-state index is -3.74. The molecule has 1 aliphatic heterocycles. The number of rotatable bonds is 10. The van der Waals surface area contributed by atoms with Gasteiger partial charge in [-0.15, -0.1) is 0 Å². The van der Waals surface area contributed by atoms with Gasteiger partial charge in [0.15, 0.2) is 5.78 Å². The molecule has 0 aromatic carbocycles. The SMILES string of the molecule is CCOP(=O)(OCC)C(C(=O)C(=O)N(CC)CC)N1CCCCC1. The van der Waals surface area contributed by atoms with Crippen molar-refractivity contribution >= 4 is 19.3 Å². The Morgan fingerprint density at radius 1 is 1.00 bits per heavy atom. The number of carbonyl (C=O) groups is 2. The van der Waals surface area contributed by atoms with Crippen LogP contribution in [-0.4, -0.2) is 66.7 Å². The fourth-order valence-corrected chi connectivity index (χ4v) is 5.09. The second-order valence-corrected chi connectivity index (χ2v) is 7.77. The maximum Gasteiger partial charge on any atom is 0.355 e. The van der Waals surface area contributed by atoms with Crippen molar-refractivity contribution in [3.05, 3.63) is 0 Å². The third-order valence-corrected chi connectivity index (χ3v) is 6.55. The van der Waals surface area contributed by atoms with E-state index < -0.39 is 25.1 Å². The van der Waals surface area contributed by atoms with Gasteiger partial charge in [0.05, 0.1) is 13.2 Å². The van der Waals surface area contributed by atoms with Crippen molar-refractivity contribution in [3.63, 3.8) is 0 Å². The maximum atomic E-state index is 13.3. The summed E-state index contributed by atoms with van der Waals surface area (Å²) in [5, 5.41) is 0. The van der Waals surface area contributed by atoms with Gasteiger partial charge in [-0.2, -0.15) is 0 Å². The van der Waals surface area contributed by atoms with Crippen molar-refractivity contribution in [2.45, 2.75) is 52.7 Å². The van der Waals surface area contributed by atoms with Gasteiger partial charge in [-0.1, -0.05) is 6.42 Å². The molecule has 1 amide bonds. The lowest BCUT2D eigenvalue weighted by molar-refractivity contribution is -0.146. The average Bonchev–Trinajstić information content (AvgIpc) is 2.57. The second kappa shape index (κ2) is 10.3. The molecule has 140 valence electrons. The maximum absolute atomic E-state index is 13.3. The van der Waals surface area contributed by atoms with Crippen molar-refractivity contribution in [2.75, 3.05) is 39.4 Å². The van der Waals surface area contributed by atoms with E-state index in [-0.39, 0.29) is 13.2 Å². The van der Waals surface area contributed by atoms with Gasteiger partial charge in [0, 0.05) is 13.1 Å². The lowest BCUT2D eigenvalue weighted by atomic mass is 10.1. The van der Waals surface area contributed by atoms with E-state index in [0.29, 0.717) is 26.2 Å². The largest absolute Gasteiger partial charge is 0.355 e. The molecule has 0 saturated carbocycles. The number of piperidine rings is 1. The summed E-state index contributed by atoms with van der Waals surface area (Å²) >= 11 is 0. The van der Waals surface area contributed by atoms with E-state index in [2.05, 4.69) is 0 Å². The monoisotopic (exact) mass is 362 g/mol. The summed E-state index contributed by atoms with van der Waals surface area (Å²) in [4.78, 5) is 28.7. The molecule has 8 heteroatoms. The van der Waals surface area contributed by atoms with E-state index in [1.165, 1.54) is 4.90 Å². The van der Waals surface area contributed by atoms with Crippen LogP contribution in [0.4, 0.5) is 0 Å². The zero-order chi connectivity index (χ0) is 18.2. The summed E-state index contributed by atoms with van der Waals surface area (Å²) in [6, 6.07) is 0. The first-order chi connectivity index (χ1) is 11.4. The molecule has 1 unspecified atom stereocenters. The van der Waals surface area contributed by atoms with Gasteiger partial charge in [0.1, 0.15) is 0 Å². The number of ketones is 1. The molecule has 1 fully saturated rings. The molecule has 1 aliphatic rings. The Labute approximate surface area is 145 Å². The topological polar surface area (TPSA) is 76.1 Å². The van der Waals surface area contributed by atoms with Gasteiger partial charge in [-0.3, -0.25) is 19.1 Å². The molecule has 0 aromatic heterocycles. The molecular formula is C16H31N2O5P. The van der Waals surface area contributed by atoms with Gasteiger partial charge >= 0.3 is 7.60 Å². The van der Waals surface area contributed by atoms with Gasteiger partial charge in [0.25, 0.3) is 5.91 Å². The molecule has 1 saturated heterocycles. The quantitative estimate of drug-likeness (QED) is 0.439. The zero-order valence-corrected chi connectivity index (χ0v) is 16.2. The van der Waals surface area contributed by atoms with Crippen molar-refractivity contribution in [1.29, 1.82) is 0 Å². The first kappa shape index (κ1) is 21.3. The van der Waals surface area contributed by atoms with Crippen LogP contribution in [-0.2, 0) is 23.2 Å². The number of nitrogens with zero attached hydrogens (tertiary/aromatic N) is 2. The summed E-state index contributed by atoms with van der Waals surface area (Å²) < 4.78 is 24.1. The number of likely N-dealkylation sites (N-methyl/N-ethyl adjacent to an activating group) is 1. The first-order valence-corrected chi connectivity index (χ1v) is 10.5. The van der Waals surface area contributed by atoms with Crippen LogP contribution < -0.4 is 0 Å². The van der Waals surface area contributed by atoms with Crippen molar-refractivity contribution in [1.82, 2.24) is 9.80 Å². The molecule has 24 heavy (non-hydrogen) atoms. The third-order valence-electron chi connectivity index (χ3n) is 4.15. The van der Waals surface area contributed by atoms with Gasteiger partial charge in [-0.05, 0) is 53.6 Å². The molecule has 0 radical (unpaired) electrons. The summed E-state index contributed by atoms with van der Waals surface area (Å²) in [6.07, 6.45) is 2.87. The van der Waals surface area contributed by atoms with Crippen LogP contribution >= 0.6 is 7.60 Å². The Balaban J connectivity index is 3.18. The number of hydrogen-bond donors (Lipinski definition) is 0. The fourth-order valence-electron chi connectivity index (χ4n) is 2.99. The molecule has 7 nitrogen and oxygen atoms in total. The Bertz CT molecular complexity index is 451. The predicted octanol–water partition coefficient (Wildman–Crippen LogP) is 2.50. The Hall–Kier alpha value is -0.750. The van der Waals surface area contributed by atoms with Gasteiger partial charge in [0.2, 0.25) is 5.78 Å². The highest BCUT2D eigenvalue weighted by Crippen LogP contribution is 2.55. The molecule has 1 rings (SSSR count). The lowest BCUT2D eigenvalue weighted by Crippen LogP contribution is -2.50. The van der Waals surface area contributed by atoms with Crippen molar-refractivity contribution in [2.24, 2.45) is 0 Å². The van der Waals surface area contributed by atoms with Crippen LogP contribution in [0.15, 0.2) is 0 Å². The van der Waals surface area contributed by atoms with Crippen LogP contribution in [0.2, 0.25) is 0 Å². The van der Waals surface area contributed by atoms with Gasteiger partial charge < -0.3 is 13.9 Å². The van der Waals surface area contributed by atoms with Crippen LogP contribution in [0.1, 0.15) is 47.0 Å². The van der Waals surface area contributed by atoms with E-state index >= 15 is 0 Å². The van der Waals surface area contributed by atoms with E-state index in [1.807, 2.05) is 13.8 Å². The van der Waals surface area contributed by atoms with Crippen LogP contribution in [0, 0.1) is 0 Å². The Kier molecular flexibility index (Phi) is 9.13. The third kappa shape index (κ3) is 5.12. The molecule has 0 bridgehead atoms. The zero-order valence-electron chi connectivity index (χ0n) is 15.3. The molecule has 0 aliphatic carbocycles. The standard InChI is InChI=1S/C16H31N2O5P/c1-5-17(6-2)15(20)14(19)16(18-12-10-9-11-13-18)24(21,22-7-3)23-8-4/h16H,5-13H2,1-4H3. The van der Waals surface area contributed by atoms with Crippen LogP contribution in [0.5, 0.6) is 0 Å². The predicted molar refractivity (Wildman–Crippen MR) is 93.0 cm³/mol. The normalized spacial score (nSPS) is 17.5. The summed E-state index contributed by atoms with van der Waals surface area (Å²) in [5.74, 6) is -2.45. The molecule has 1 heterocycles. The van der Waals surface area contributed by atoms with E-state index in [1.54, 1.807) is 18.7 Å². The Morgan fingerprint density at radius 2 is 1.50 bits per heavy atom. The number of carbonyl (C=O) groups excluding carboxylic acids is 2. The fraction of sp³-hybridized carbons (Fsp3) is 0.875. The Morgan fingerprint density at radius 3 is 1.92 bits per heavy atom. The number of hydrogen-bond acceptors (Lipinski definition) is 6. The minimum absolute atomic E-state index is 0.161. The van der Waals surface area contributed by atoms with Crippen molar-refractivity contribution < 1.29 is 23.2 Å². The first-order valence-electron chi connectivity index (χ1n) is 8.91. The van der Waals surface area contributed by atoms with Crippen LogP contribution in [0.25, 0.3) is 0 Å². The molecule has 0 N–H and O–H groups in total. The molecular weight excluding hydrogens is 331 g/mol. The lowest BCUT2D eigenvalue weighted by Gasteiger charge is -2.37. The number of amides is 1. The van der Waals surface area contributed by atoms with E-state index in [9.17, 15) is 14.2 Å². The summed E-state index contributed by atoms with van der Waals surface area (Å²) in [7, 11) is -3.74. The summed E-state index contributed by atoms with van der Waals surface area (Å²) in [6.45, 7) is 9.46. The second-order valence-electron chi connectivity index (χ2n) is 5.69. The molecule has 1 atom stereocenters. The van der Waals surface area contributed by atoms with Gasteiger partial charge in [-0.25, -0.2) is 0 Å². The van der Waals surface area contributed by atoms with E-state index in [4.69, 9.17) is 9.05 Å². The highest BCUT2D eigenvalue weighted by atomic mass is 31.2. The molecule has 0 aromatic rings. The number of likely N-dealkylation sites (tertiary alicyclic amines) is 1. The van der Waals surface area contributed by atoms with Crippen LogP contribution in [0.3, 0.4) is 0 Å². The summed E-state index contributed by atoms with van der Waals surface area (Å²) in [5.41, 5.74) is 0. The highest BCUT2D eigenvalue weighted by molar-refractivity contribution is 7.56. The highest BCUT2D eigenvalue weighted by Gasteiger charge is 2.48. The molecule has 0 spiro atoms. The van der Waals surface area contributed by atoms with E-state index in [0.717, 1.165) is 19.3 Å².